The third-order valence-corrected chi connectivity index (χ3v) is 5.42. The van der Waals surface area contributed by atoms with E-state index in [9.17, 15) is 9.59 Å². The first-order chi connectivity index (χ1) is 15.0. The van der Waals surface area contributed by atoms with Gasteiger partial charge in [-0.3, -0.25) is 9.69 Å². The SMILES string of the molecule is CCOc1ccc(/C=C2\SC(=Nc3ccc(C(=O)O)cc3)N(CC)C2=O)cc1OCC. The largest absolute Gasteiger partial charge is 0.490 e. The van der Waals surface area contributed by atoms with Crippen molar-refractivity contribution in [1.29, 1.82) is 0 Å². The standard InChI is InChI=1S/C23H24N2O5S/c1-4-25-21(26)20(14-15-7-12-18(29-5-2)19(13-15)30-6-3)31-23(25)24-17-10-8-16(9-11-17)22(27)28/h7-14H,4-6H2,1-3H3,(H,27,28)/b20-14-,24-23?. The quantitative estimate of drug-likeness (QED) is 0.593. The number of hydrogen-bond donors (Lipinski definition) is 1. The topological polar surface area (TPSA) is 88.4 Å². The maximum Gasteiger partial charge on any atom is 0.335 e. The van der Waals surface area contributed by atoms with Crippen LogP contribution in [0.5, 0.6) is 11.5 Å². The van der Waals surface area contributed by atoms with Crippen LogP contribution in [0.4, 0.5) is 5.69 Å². The molecule has 0 spiro atoms. The molecule has 1 fully saturated rings. The molecule has 1 aliphatic heterocycles. The molecule has 1 amide bonds. The van der Waals surface area contributed by atoms with Crippen LogP contribution >= 0.6 is 11.8 Å². The van der Waals surface area contributed by atoms with E-state index >= 15 is 0 Å². The van der Waals surface area contributed by atoms with E-state index in [0.29, 0.717) is 47.0 Å². The van der Waals surface area contributed by atoms with Gasteiger partial charge in [-0.2, -0.15) is 0 Å². The second-order valence-corrected chi connectivity index (χ2v) is 7.49. The second-order valence-electron chi connectivity index (χ2n) is 6.48. The molecule has 31 heavy (non-hydrogen) atoms. The summed E-state index contributed by atoms with van der Waals surface area (Å²) in [6.45, 7) is 7.22. The van der Waals surface area contributed by atoms with Gasteiger partial charge in [-0.25, -0.2) is 9.79 Å². The lowest BCUT2D eigenvalue weighted by Crippen LogP contribution is -2.28. The highest BCUT2D eigenvalue weighted by Gasteiger charge is 2.32. The van der Waals surface area contributed by atoms with Crippen LogP contribution in [0, 0.1) is 0 Å². The molecule has 3 rings (SSSR count). The van der Waals surface area contributed by atoms with E-state index in [1.807, 2.05) is 45.0 Å². The Morgan fingerprint density at radius 2 is 1.74 bits per heavy atom. The van der Waals surface area contributed by atoms with Crippen molar-refractivity contribution in [1.82, 2.24) is 4.90 Å². The van der Waals surface area contributed by atoms with Crippen molar-refractivity contribution in [3.8, 4) is 11.5 Å². The Kier molecular flexibility index (Phi) is 7.36. The number of hydrogen-bond acceptors (Lipinski definition) is 6. The molecule has 1 aliphatic rings. The number of amidine groups is 1. The molecule has 0 radical (unpaired) electrons. The van der Waals surface area contributed by atoms with Crippen molar-refractivity contribution in [3.05, 3.63) is 58.5 Å². The van der Waals surface area contributed by atoms with Gasteiger partial charge in [0.2, 0.25) is 0 Å². The molecule has 0 bridgehead atoms. The fourth-order valence-electron chi connectivity index (χ4n) is 2.97. The highest BCUT2D eigenvalue weighted by Crippen LogP contribution is 2.35. The van der Waals surface area contributed by atoms with Crippen molar-refractivity contribution >= 4 is 40.6 Å². The lowest BCUT2D eigenvalue weighted by molar-refractivity contribution is -0.122. The number of aliphatic imine (C=N–C) groups is 1. The van der Waals surface area contributed by atoms with E-state index in [2.05, 4.69) is 4.99 Å². The number of thioether (sulfide) groups is 1. The van der Waals surface area contributed by atoms with Gasteiger partial charge in [-0.05, 0) is 80.6 Å². The molecule has 2 aromatic rings. The maximum absolute atomic E-state index is 12.9. The van der Waals surface area contributed by atoms with Crippen LogP contribution in [0.25, 0.3) is 6.08 Å². The summed E-state index contributed by atoms with van der Waals surface area (Å²) in [6, 6.07) is 11.8. The third-order valence-electron chi connectivity index (χ3n) is 4.41. The Balaban J connectivity index is 1.89. The number of rotatable bonds is 8. The summed E-state index contributed by atoms with van der Waals surface area (Å²) in [7, 11) is 0. The molecule has 1 heterocycles. The molecule has 7 nitrogen and oxygen atoms in total. The Hall–Kier alpha value is -3.26. The number of benzene rings is 2. The molecule has 0 atom stereocenters. The van der Waals surface area contributed by atoms with Crippen molar-refractivity contribution in [2.45, 2.75) is 20.8 Å². The van der Waals surface area contributed by atoms with E-state index < -0.39 is 5.97 Å². The van der Waals surface area contributed by atoms with Crippen molar-refractivity contribution < 1.29 is 24.2 Å². The number of carbonyl (C=O) groups excluding carboxylic acids is 1. The number of nitrogens with zero attached hydrogens (tertiary/aromatic N) is 2. The van der Waals surface area contributed by atoms with E-state index in [-0.39, 0.29) is 11.5 Å². The molecular formula is C23H24N2O5S. The number of likely N-dealkylation sites (N-methyl/N-ethyl adjacent to an activating group) is 1. The van der Waals surface area contributed by atoms with Crippen LogP contribution in [0.1, 0.15) is 36.7 Å². The molecule has 0 saturated carbocycles. The minimum absolute atomic E-state index is 0.125. The van der Waals surface area contributed by atoms with E-state index in [0.717, 1.165) is 5.56 Å². The number of carbonyl (C=O) groups is 2. The summed E-state index contributed by atoms with van der Waals surface area (Å²) in [5.74, 6) is 0.181. The Labute approximate surface area is 185 Å². The fraction of sp³-hybridized carbons (Fsp3) is 0.261. The zero-order chi connectivity index (χ0) is 22.4. The molecule has 0 aromatic heterocycles. The second kappa shape index (κ2) is 10.2. The number of ether oxygens (including phenoxy) is 2. The Morgan fingerprint density at radius 3 is 2.35 bits per heavy atom. The first-order valence-electron chi connectivity index (χ1n) is 9.99. The summed E-state index contributed by atoms with van der Waals surface area (Å²) in [5, 5.41) is 9.59. The van der Waals surface area contributed by atoms with Crippen molar-refractivity contribution in [3.63, 3.8) is 0 Å². The summed E-state index contributed by atoms with van der Waals surface area (Å²) in [4.78, 5) is 30.6. The molecule has 1 N–H and O–H groups in total. The van der Waals surface area contributed by atoms with Gasteiger partial charge in [0.15, 0.2) is 16.7 Å². The lowest BCUT2D eigenvalue weighted by atomic mass is 10.2. The zero-order valence-electron chi connectivity index (χ0n) is 17.6. The van der Waals surface area contributed by atoms with Gasteiger partial charge in [0.1, 0.15) is 0 Å². The number of carboxylic acid groups (broad SMARTS) is 1. The van der Waals surface area contributed by atoms with Crippen molar-refractivity contribution in [2.24, 2.45) is 4.99 Å². The van der Waals surface area contributed by atoms with Crippen LogP contribution < -0.4 is 9.47 Å². The number of carboxylic acids is 1. The third kappa shape index (κ3) is 5.27. The van der Waals surface area contributed by atoms with Gasteiger partial charge in [-0.1, -0.05) is 6.07 Å². The van der Waals surface area contributed by atoms with Gasteiger partial charge in [0, 0.05) is 6.54 Å². The summed E-state index contributed by atoms with van der Waals surface area (Å²) in [6.07, 6.45) is 1.81. The Morgan fingerprint density at radius 1 is 1.06 bits per heavy atom. The summed E-state index contributed by atoms with van der Waals surface area (Å²) in [5.41, 5.74) is 1.60. The van der Waals surface area contributed by atoms with Gasteiger partial charge >= 0.3 is 5.97 Å². The molecule has 8 heteroatoms. The van der Waals surface area contributed by atoms with Gasteiger partial charge < -0.3 is 14.6 Å². The average molecular weight is 441 g/mol. The fourth-order valence-corrected chi connectivity index (χ4v) is 4.03. The first-order valence-corrected chi connectivity index (χ1v) is 10.8. The van der Waals surface area contributed by atoms with Crippen LogP contribution in [0.15, 0.2) is 52.4 Å². The molecule has 0 aliphatic carbocycles. The van der Waals surface area contributed by atoms with Crippen LogP contribution in [0.2, 0.25) is 0 Å². The minimum Gasteiger partial charge on any atom is -0.490 e. The highest BCUT2D eigenvalue weighted by atomic mass is 32.2. The number of aromatic carboxylic acids is 1. The minimum atomic E-state index is -0.994. The Bertz CT molecular complexity index is 1030. The van der Waals surface area contributed by atoms with E-state index in [1.165, 1.54) is 23.9 Å². The predicted octanol–water partition coefficient (Wildman–Crippen LogP) is 4.81. The maximum atomic E-state index is 12.9. The van der Waals surface area contributed by atoms with Gasteiger partial charge in [0.05, 0.1) is 29.4 Å². The normalized spacial score (nSPS) is 16.2. The van der Waals surface area contributed by atoms with E-state index in [1.54, 1.807) is 17.0 Å². The van der Waals surface area contributed by atoms with Gasteiger partial charge in [0.25, 0.3) is 5.91 Å². The molecule has 1 saturated heterocycles. The van der Waals surface area contributed by atoms with Gasteiger partial charge in [-0.15, -0.1) is 0 Å². The molecule has 0 unspecified atom stereocenters. The first kappa shape index (κ1) is 22.4. The predicted molar refractivity (Wildman–Crippen MR) is 122 cm³/mol. The summed E-state index contributed by atoms with van der Waals surface area (Å²) >= 11 is 1.28. The van der Waals surface area contributed by atoms with Crippen LogP contribution in [-0.2, 0) is 4.79 Å². The number of amides is 1. The lowest BCUT2D eigenvalue weighted by Gasteiger charge is -2.12. The zero-order valence-corrected chi connectivity index (χ0v) is 18.4. The smallest absolute Gasteiger partial charge is 0.335 e. The van der Waals surface area contributed by atoms with E-state index in [4.69, 9.17) is 14.6 Å². The highest BCUT2D eigenvalue weighted by molar-refractivity contribution is 8.18. The summed E-state index contributed by atoms with van der Waals surface area (Å²) < 4.78 is 11.3. The average Bonchev–Trinajstić information content (AvgIpc) is 3.04. The molecular weight excluding hydrogens is 416 g/mol. The van der Waals surface area contributed by atoms with Crippen LogP contribution in [0.3, 0.4) is 0 Å². The van der Waals surface area contributed by atoms with Crippen molar-refractivity contribution in [2.75, 3.05) is 19.8 Å². The molecule has 2 aromatic carbocycles. The molecule has 162 valence electrons. The van der Waals surface area contributed by atoms with Crippen LogP contribution in [-0.4, -0.2) is 46.8 Å². The monoisotopic (exact) mass is 440 g/mol.